The van der Waals surface area contributed by atoms with Gasteiger partial charge in [0.25, 0.3) is 0 Å². The average molecular weight is 1030 g/mol. The second kappa shape index (κ2) is 27.3. The van der Waals surface area contributed by atoms with Gasteiger partial charge in [-0.1, -0.05) is 62.8 Å². The number of thiazole rings is 1. The number of fused-ring (bicyclic) bond motifs is 1. The fourth-order valence-electron chi connectivity index (χ4n) is 8.33. The first-order valence-corrected chi connectivity index (χ1v) is 25.5. The summed E-state index contributed by atoms with van der Waals surface area (Å²) in [4.78, 5) is 81.1. The lowest BCUT2D eigenvalue weighted by atomic mass is 9.82. The van der Waals surface area contributed by atoms with E-state index >= 15 is 0 Å². The minimum atomic E-state index is -0.613. The van der Waals surface area contributed by atoms with E-state index in [-0.39, 0.29) is 25.1 Å². The molecule has 17 nitrogen and oxygen atoms in total. The van der Waals surface area contributed by atoms with Crippen LogP contribution in [0.5, 0.6) is 34.5 Å². The van der Waals surface area contributed by atoms with Gasteiger partial charge in [-0.2, -0.15) is 5.10 Å². The Morgan fingerprint density at radius 2 is 1.05 bits per heavy atom. The summed E-state index contributed by atoms with van der Waals surface area (Å²) in [5.41, 5.74) is 1.26. The van der Waals surface area contributed by atoms with E-state index in [4.69, 9.17) is 48.0 Å². The van der Waals surface area contributed by atoms with Crippen molar-refractivity contribution in [2.24, 2.45) is 28.8 Å². The van der Waals surface area contributed by atoms with Crippen LogP contribution in [0.15, 0.2) is 121 Å². The molecule has 2 fully saturated rings. The second-order valence-electron chi connectivity index (χ2n) is 17.7. The molecule has 0 unspecified atom stereocenters. The smallest absolute Gasteiger partial charge is 0.333 e. The molecule has 0 aliphatic heterocycles. The fraction of sp³-hybridized carbons (Fsp3) is 0.357. The van der Waals surface area contributed by atoms with Crippen molar-refractivity contribution in [2.45, 2.75) is 84.0 Å². The SMILES string of the molecule is C=CC(=O)OCOc1ccc(OC(=O)C2CCC(C(=O)Oc3ccc(OC(=O)C4CCC(C(=O)Oc5ccc(OCOC(=O)C=C)cc5)CC4)c(/C=N/N(CCCCCC)c4nc5ccccc5s4)c3)CC2)cc1. The van der Waals surface area contributed by atoms with Gasteiger partial charge in [0.1, 0.15) is 34.5 Å². The van der Waals surface area contributed by atoms with Crippen LogP contribution in [0.4, 0.5) is 5.13 Å². The summed E-state index contributed by atoms with van der Waals surface area (Å²) in [7, 11) is 0. The van der Waals surface area contributed by atoms with Crippen molar-refractivity contribution in [3.8, 4) is 34.5 Å². The van der Waals surface area contributed by atoms with E-state index < -0.39 is 59.5 Å². The third-order valence-electron chi connectivity index (χ3n) is 12.5. The largest absolute Gasteiger partial charge is 0.457 e. The molecule has 0 atom stereocenters. The molecule has 5 aromatic rings. The second-order valence-corrected chi connectivity index (χ2v) is 18.7. The summed E-state index contributed by atoms with van der Waals surface area (Å²) in [5, 5.41) is 7.44. The Balaban J connectivity index is 0.979. The number of aromatic nitrogens is 1. The van der Waals surface area contributed by atoms with Gasteiger partial charge in [-0.15, -0.1) is 0 Å². The molecule has 2 aliphatic carbocycles. The molecule has 388 valence electrons. The molecule has 74 heavy (non-hydrogen) atoms. The van der Waals surface area contributed by atoms with Crippen LogP contribution >= 0.6 is 11.3 Å². The van der Waals surface area contributed by atoms with Crippen molar-refractivity contribution in [2.75, 3.05) is 25.1 Å². The van der Waals surface area contributed by atoms with Crippen LogP contribution in [-0.4, -0.2) is 67.1 Å². The number of carbonyl (C=O) groups is 6. The Morgan fingerprint density at radius 3 is 1.54 bits per heavy atom. The number of ether oxygens (including phenoxy) is 8. The number of esters is 6. The maximum absolute atomic E-state index is 13.8. The molecule has 0 spiro atoms. The van der Waals surface area contributed by atoms with Crippen LogP contribution in [0, 0.1) is 23.7 Å². The highest BCUT2D eigenvalue weighted by Crippen LogP contribution is 2.36. The number of rotatable bonds is 24. The van der Waals surface area contributed by atoms with Crippen molar-refractivity contribution in [3.63, 3.8) is 0 Å². The molecule has 2 aliphatic rings. The highest BCUT2D eigenvalue weighted by atomic mass is 32.1. The highest BCUT2D eigenvalue weighted by Gasteiger charge is 2.34. The fourth-order valence-corrected chi connectivity index (χ4v) is 9.28. The molecule has 0 radical (unpaired) electrons. The van der Waals surface area contributed by atoms with E-state index in [0.717, 1.165) is 48.1 Å². The molecule has 0 N–H and O–H groups in total. The van der Waals surface area contributed by atoms with Crippen molar-refractivity contribution >= 4 is 68.7 Å². The van der Waals surface area contributed by atoms with Gasteiger partial charge in [-0.05, 0) is 137 Å². The molecule has 0 saturated heterocycles. The van der Waals surface area contributed by atoms with Crippen molar-refractivity contribution in [1.29, 1.82) is 0 Å². The Kier molecular flexibility index (Phi) is 19.9. The molecule has 0 bridgehead atoms. The third kappa shape index (κ3) is 15.8. The Hall–Kier alpha value is -7.86. The topological polar surface area (TPSA) is 205 Å². The lowest BCUT2D eigenvalue weighted by Crippen LogP contribution is -2.30. The molecule has 18 heteroatoms. The summed E-state index contributed by atoms with van der Waals surface area (Å²) in [6.07, 6.45) is 11.0. The number of hydrogen-bond donors (Lipinski definition) is 0. The van der Waals surface area contributed by atoms with E-state index in [9.17, 15) is 28.8 Å². The molecule has 4 aromatic carbocycles. The molecular formula is C56H59N3O14S. The first kappa shape index (κ1) is 53.9. The van der Waals surface area contributed by atoms with Gasteiger partial charge in [0.05, 0.1) is 40.1 Å². The number of hydrazone groups is 1. The predicted molar refractivity (Wildman–Crippen MR) is 275 cm³/mol. The Morgan fingerprint density at radius 1 is 0.595 bits per heavy atom. The standard InChI is InChI=1S/C56H59N3O14S/c1-4-7-8-11-32-59(56-58-47-12-9-10-13-49(47)74-56)57-34-41-33-46(72-54(64)39-16-14-37(15-17-39)52(62)70-44-26-22-42(23-27-44)66-35-68-50(60)5-2)30-31-48(41)73-55(65)40-20-18-38(19-21-40)53(63)71-45-28-24-43(25-29-45)67-36-69-51(61)6-3/h5-6,9-10,12-13,22-31,33-34,37-40H,2-4,7-8,11,14-21,32,35-36H2,1H3/b57-34+. The van der Waals surface area contributed by atoms with Crippen LogP contribution in [0.1, 0.15) is 89.5 Å². The zero-order valence-electron chi connectivity index (χ0n) is 41.2. The monoisotopic (exact) mass is 1030 g/mol. The van der Waals surface area contributed by atoms with Crippen LogP contribution in [0.2, 0.25) is 0 Å². The summed E-state index contributed by atoms with van der Waals surface area (Å²) < 4.78 is 44.7. The zero-order chi connectivity index (χ0) is 52.2. The van der Waals surface area contributed by atoms with Gasteiger partial charge in [-0.3, -0.25) is 19.2 Å². The number of carbonyl (C=O) groups excluding carboxylic acids is 6. The first-order valence-electron chi connectivity index (χ1n) is 24.7. The van der Waals surface area contributed by atoms with Crippen molar-refractivity contribution < 1.29 is 66.7 Å². The summed E-state index contributed by atoms with van der Waals surface area (Å²) in [6, 6.07) is 25.3. The van der Waals surface area contributed by atoms with E-state index in [0.29, 0.717) is 91.6 Å². The van der Waals surface area contributed by atoms with Gasteiger partial charge in [0.15, 0.2) is 0 Å². The maximum atomic E-state index is 13.8. The summed E-state index contributed by atoms with van der Waals surface area (Å²) in [6.45, 7) is 8.82. The highest BCUT2D eigenvalue weighted by molar-refractivity contribution is 7.22. The lowest BCUT2D eigenvalue weighted by molar-refractivity contribution is -0.145. The molecular weight excluding hydrogens is 971 g/mol. The number of benzene rings is 4. The molecule has 0 amide bonds. The number of para-hydroxylation sites is 1. The summed E-state index contributed by atoms with van der Waals surface area (Å²) in [5.74, 6) is -2.81. The predicted octanol–water partition coefficient (Wildman–Crippen LogP) is 10.5. The van der Waals surface area contributed by atoms with E-state index in [1.54, 1.807) is 72.9 Å². The number of nitrogens with zero attached hydrogens (tertiary/aromatic N) is 3. The molecule has 2 saturated carbocycles. The van der Waals surface area contributed by atoms with Gasteiger partial charge in [0, 0.05) is 24.3 Å². The Labute approximate surface area is 433 Å². The van der Waals surface area contributed by atoms with Crippen LogP contribution in [0.25, 0.3) is 10.2 Å². The summed E-state index contributed by atoms with van der Waals surface area (Å²) >= 11 is 1.52. The maximum Gasteiger partial charge on any atom is 0.333 e. The first-order chi connectivity index (χ1) is 36.0. The molecule has 1 aromatic heterocycles. The quantitative estimate of drug-likeness (QED) is 0.0107. The molecule has 1 heterocycles. The van der Waals surface area contributed by atoms with Gasteiger partial charge >= 0.3 is 35.8 Å². The average Bonchev–Trinajstić information content (AvgIpc) is 3.86. The number of unbranched alkanes of at least 4 members (excludes halogenated alkanes) is 3. The number of anilines is 1. The third-order valence-corrected chi connectivity index (χ3v) is 13.6. The van der Waals surface area contributed by atoms with Crippen molar-refractivity contribution in [1.82, 2.24) is 4.98 Å². The van der Waals surface area contributed by atoms with Crippen LogP contribution in [-0.2, 0) is 38.2 Å². The zero-order valence-corrected chi connectivity index (χ0v) is 42.0. The van der Waals surface area contributed by atoms with Crippen molar-refractivity contribution in [3.05, 3.63) is 122 Å². The van der Waals surface area contributed by atoms with Crippen LogP contribution in [0.3, 0.4) is 0 Å². The van der Waals surface area contributed by atoms with Crippen LogP contribution < -0.4 is 33.4 Å². The van der Waals surface area contributed by atoms with Gasteiger partial charge in [-0.25, -0.2) is 19.6 Å². The van der Waals surface area contributed by atoms with Gasteiger partial charge < -0.3 is 37.9 Å². The lowest BCUT2D eigenvalue weighted by Gasteiger charge is -2.26. The van der Waals surface area contributed by atoms with E-state index in [2.05, 4.69) is 20.1 Å². The normalized spacial score (nSPS) is 17.3. The van der Waals surface area contributed by atoms with E-state index in [1.165, 1.54) is 11.3 Å². The molecule has 7 rings (SSSR count). The van der Waals surface area contributed by atoms with E-state index in [1.807, 2.05) is 29.3 Å². The number of hydrogen-bond acceptors (Lipinski definition) is 18. The minimum Gasteiger partial charge on any atom is -0.457 e. The Bertz CT molecular complexity index is 2740. The minimum absolute atomic E-state index is 0.219. The van der Waals surface area contributed by atoms with Gasteiger partial charge in [0.2, 0.25) is 18.7 Å².